The van der Waals surface area contributed by atoms with Gasteiger partial charge < -0.3 is 37.3 Å². The number of hydrogen-bond acceptors (Lipinski definition) is 8. The van der Waals surface area contributed by atoms with Gasteiger partial charge in [0.05, 0.1) is 17.0 Å². The fourth-order valence-electron chi connectivity index (χ4n) is 22.7. The van der Waals surface area contributed by atoms with Crippen molar-refractivity contribution in [3.8, 4) is 0 Å². The predicted molar refractivity (Wildman–Crippen MR) is 591 cm³/mol. The zero-order chi connectivity index (χ0) is 98.7. The van der Waals surface area contributed by atoms with E-state index in [0.29, 0.717) is 11.3 Å². The summed E-state index contributed by atoms with van der Waals surface area (Å²) in [6.07, 6.45) is 10.9. The van der Waals surface area contributed by atoms with Crippen molar-refractivity contribution in [2.45, 2.75) is 258 Å². The van der Waals surface area contributed by atoms with Crippen molar-refractivity contribution in [3.05, 3.63) is 339 Å². The van der Waals surface area contributed by atoms with Gasteiger partial charge in [0.15, 0.2) is 0 Å². The van der Waals surface area contributed by atoms with E-state index in [1.807, 2.05) is 30.5 Å². The van der Waals surface area contributed by atoms with Gasteiger partial charge in [0.2, 0.25) is 0 Å². The molecule has 0 spiro atoms. The summed E-state index contributed by atoms with van der Waals surface area (Å²) in [5, 5.41) is 4.22. The van der Waals surface area contributed by atoms with Crippen LogP contribution in [0.5, 0.6) is 0 Å². The van der Waals surface area contributed by atoms with Crippen LogP contribution in [-0.4, -0.2) is 6.99 Å². The SMILES string of the molecule is IB(I)I.[2H]C([2H])([2H])c1cc(N(c2ccc(C(C)(C)C)cc2)c2ccc3oc4c(c3c2)C2(C)CCC4(C)CC2)cc(N(c2ccc(C(C)(C)C)cc2)c2coc3ccc(C(C)(C)c4ccccc4)cc23)c1.[2H]C([2H])([2H])c1cc2c3c(c1)N(c1ccc(C(C)(C)C)cc1)c1c(oc4ccc(C(C)(C)c5ccccc5)cc14)B3c1cc3oc4c(c3cc1N2c1ccc(C(C)(C)C)cc1)C1(C)CCC4(C)CC1. The Morgan fingerprint density at radius 2 is 0.737 bits per heavy atom. The van der Waals surface area contributed by atoms with Gasteiger partial charge in [0.1, 0.15) is 40.1 Å². The quantitative estimate of drug-likeness (QED) is 0.0886. The number of aryl methyl sites for hydroxylation is 2. The maximum absolute atomic E-state index is 9.08. The van der Waals surface area contributed by atoms with Gasteiger partial charge in [-0.05, 0) is 298 Å². The monoisotopic (exact) mass is 2090 g/mol. The molecule has 2 aliphatic heterocycles. The molecule has 676 valence electrons. The Morgan fingerprint density at radius 1 is 0.346 bits per heavy atom. The van der Waals surface area contributed by atoms with Crippen molar-refractivity contribution < 1.29 is 25.9 Å². The van der Waals surface area contributed by atoms with Gasteiger partial charge in [0, 0.05) is 119 Å². The molecule has 13 heteroatoms. The molecule has 2 fully saturated rings. The summed E-state index contributed by atoms with van der Waals surface area (Å²) in [6.45, 7) is 40.3. The molecule has 12 aromatic carbocycles. The molecule has 2 saturated carbocycles. The first kappa shape index (κ1) is 83.9. The normalized spacial score (nSPS) is 19.9. The van der Waals surface area contributed by atoms with Crippen molar-refractivity contribution in [1.29, 1.82) is 0 Å². The number of benzene rings is 12. The summed E-state index contributed by atoms with van der Waals surface area (Å²) in [7, 11) is 0. The molecule has 24 rings (SSSR count). The molecule has 6 aliphatic carbocycles. The second-order valence-corrected chi connectivity index (χ2v) is 56.0. The Balaban J connectivity index is 0.000000165. The first-order chi connectivity index (χ1) is 65.3. The zero-order valence-corrected chi connectivity index (χ0v) is 87.2. The lowest BCUT2D eigenvalue weighted by atomic mass is 9.35. The molecular formula is C120H125B2I3N4O4. The molecule has 4 bridgehead atoms. The maximum Gasteiger partial charge on any atom is 0.355 e. The average molecular weight is 2100 g/mol. The van der Waals surface area contributed by atoms with E-state index in [1.54, 1.807) is 0 Å². The third-order valence-corrected chi connectivity index (χ3v) is 31.2. The highest BCUT2D eigenvalue weighted by Crippen LogP contribution is 2.63. The van der Waals surface area contributed by atoms with Gasteiger partial charge >= 0.3 is 0.282 Å². The van der Waals surface area contributed by atoms with Crippen molar-refractivity contribution in [2.24, 2.45) is 0 Å². The van der Waals surface area contributed by atoms with Crippen molar-refractivity contribution in [3.63, 3.8) is 0 Å². The first-order valence-electron chi connectivity index (χ1n) is 50.6. The van der Waals surface area contributed by atoms with Crippen LogP contribution in [-0.2, 0) is 54.1 Å². The Hall–Kier alpha value is -9.68. The van der Waals surface area contributed by atoms with Crippen LogP contribution >= 0.6 is 67.1 Å². The van der Waals surface area contributed by atoms with Gasteiger partial charge in [-0.25, -0.2) is 0 Å². The Bertz CT molecular complexity index is 7450. The van der Waals surface area contributed by atoms with E-state index in [2.05, 4.69) is 456 Å². The number of fused-ring (bicyclic) bond motifs is 13. The lowest BCUT2D eigenvalue weighted by Gasteiger charge is -2.49. The Kier molecular flexibility index (Phi) is 20.7. The molecule has 0 saturated heterocycles. The minimum absolute atomic E-state index is 0.00907. The van der Waals surface area contributed by atoms with Gasteiger partial charge in [-0.15, -0.1) is 67.1 Å². The maximum atomic E-state index is 9.08. The van der Waals surface area contributed by atoms with Crippen LogP contribution in [0, 0.1) is 13.7 Å². The molecule has 0 unspecified atom stereocenters. The summed E-state index contributed by atoms with van der Waals surface area (Å²) in [4.78, 5) is 9.03. The second-order valence-electron chi connectivity index (χ2n) is 45.2. The van der Waals surface area contributed by atoms with Crippen LogP contribution < -0.4 is 36.2 Å². The molecule has 16 aromatic rings. The number of rotatable bonds is 12. The van der Waals surface area contributed by atoms with Gasteiger partial charge in [-0.2, -0.15) is 0 Å². The highest BCUT2D eigenvalue weighted by atomic mass is 127. The fourth-order valence-corrected chi connectivity index (χ4v) is 22.7. The summed E-state index contributed by atoms with van der Waals surface area (Å²) in [5.41, 5.74) is 28.9. The molecule has 8 nitrogen and oxygen atoms in total. The lowest BCUT2D eigenvalue weighted by molar-refractivity contribution is 0.161. The number of furan rings is 4. The molecule has 0 N–H and O–H groups in total. The Morgan fingerprint density at radius 3 is 1.23 bits per heavy atom. The average Bonchev–Trinajstić information content (AvgIpc) is 1.53. The number of hydrogen-bond donors (Lipinski definition) is 0. The van der Waals surface area contributed by atoms with Crippen LogP contribution in [0.15, 0.2) is 279 Å². The van der Waals surface area contributed by atoms with E-state index in [-0.39, 0.29) is 66.4 Å². The molecule has 6 heterocycles. The first-order valence-corrected chi connectivity index (χ1v) is 51.3. The van der Waals surface area contributed by atoms with Gasteiger partial charge in [-0.3, -0.25) is 0 Å². The smallest absolute Gasteiger partial charge is 0.355 e. The van der Waals surface area contributed by atoms with E-state index in [9.17, 15) is 0 Å². The predicted octanol–water partition coefficient (Wildman–Crippen LogP) is 34.3. The molecule has 4 aromatic heterocycles. The van der Waals surface area contributed by atoms with Crippen molar-refractivity contribution in [2.75, 3.05) is 19.6 Å². The summed E-state index contributed by atoms with van der Waals surface area (Å²) in [6, 6.07) is 90.4. The Labute approximate surface area is 838 Å². The van der Waals surface area contributed by atoms with Crippen molar-refractivity contribution >= 4 is 203 Å². The standard InChI is InChI=1S/C60H61BN2O2.C60H64N2O2.BI3/c1-36-31-47-52-48(32-36)63(42-24-19-38(20-25-42)57(5,6)7)53-44-33-40(58(8,9)39-15-13-12-14-16-39)21-26-49(44)65-55(53)61(52)45-35-50-43(51-54(64-50)60(11)29-27-59(51,10)28-30-60)34-46(45)62(47)41-22-17-37(18-23-41)56(2,3)4;1-39-33-47(61(44-22-17-40(18-23-44)56(2,3)4)46-26-28-53-50(37-46)54-55(64-53)60(11)31-29-59(54,10)30-32-60)36-48(34-39)62(45-24-19-41(20-25-45)57(5,6)7)51-38-63-52-27-21-43(35-49(51)52)58(8,9)42-15-13-12-14-16-42;2-1(3)4/h12-26,31-35H,27-30H2,1-11H3;12-28,33-38H,29-32H2,1-11H3;/i2*1D3;. The van der Waals surface area contributed by atoms with Crippen LogP contribution in [0.1, 0.15) is 276 Å². The van der Waals surface area contributed by atoms with Crippen LogP contribution in [0.25, 0.3) is 43.9 Å². The molecule has 8 aliphatic rings. The molecule has 0 amide bonds. The summed E-state index contributed by atoms with van der Waals surface area (Å²) < 4.78 is 82.7. The minimum atomic E-state index is -2.42. The van der Waals surface area contributed by atoms with E-state index < -0.39 is 13.7 Å². The molecule has 0 radical (unpaired) electrons. The lowest BCUT2D eigenvalue weighted by Crippen LogP contribution is -2.61. The minimum Gasteiger partial charge on any atom is -0.468 e. The fraction of sp³-hybridized carbons (Fsp3) is 0.333. The van der Waals surface area contributed by atoms with E-state index in [0.717, 1.165) is 192 Å². The van der Waals surface area contributed by atoms with Crippen LogP contribution in [0.3, 0.4) is 0 Å². The van der Waals surface area contributed by atoms with E-state index in [4.69, 9.17) is 25.9 Å². The number of anilines is 12. The third kappa shape index (κ3) is 15.8. The highest BCUT2D eigenvalue weighted by Gasteiger charge is 2.55. The third-order valence-electron chi connectivity index (χ3n) is 31.2. The molecule has 0 atom stereocenters. The van der Waals surface area contributed by atoms with Crippen LogP contribution in [0.4, 0.5) is 68.2 Å². The molecular weight excluding hydrogens is 1960 g/mol. The van der Waals surface area contributed by atoms with E-state index in [1.165, 1.54) is 50.1 Å². The van der Waals surface area contributed by atoms with Crippen molar-refractivity contribution in [1.82, 2.24) is 0 Å². The largest absolute Gasteiger partial charge is 0.468 e. The van der Waals surface area contributed by atoms with E-state index >= 15 is 0 Å². The van der Waals surface area contributed by atoms with Gasteiger partial charge in [-0.1, -0.05) is 260 Å². The summed E-state index contributed by atoms with van der Waals surface area (Å²) >= 11 is 6.95. The highest BCUT2D eigenvalue weighted by molar-refractivity contribution is 14.4. The van der Waals surface area contributed by atoms with Gasteiger partial charge in [0.25, 0.3) is 6.71 Å². The number of halogens is 3. The summed E-state index contributed by atoms with van der Waals surface area (Å²) in [5.74, 6) is 2.29. The second kappa shape index (κ2) is 32.8. The topological polar surface area (TPSA) is 65.5 Å². The zero-order valence-electron chi connectivity index (χ0n) is 86.7. The molecule has 133 heavy (non-hydrogen) atoms. The number of nitrogens with zero attached hydrogens (tertiary/aromatic N) is 4. The van der Waals surface area contributed by atoms with Crippen LogP contribution in [0.2, 0.25) is 0 Å².